The molecule has 8 nitrogen and oxygen atoms in total. The number of amides is 2. The van der Waals surface area contributed by atoms with Crippen molar-refractivity contribution >= 4 is 28.7 Å². The lowest BCUT2D eigenvalue weighted by Crippen LogP contribution is -2.38. The number of carbonyl (C=O) groups excluding carboxylic acids is 2. The van der Waals surface area contributed by atoms with E-state index in [9.17, 15) is 9.59 Å². The molecule has 8 heteroatoms. The van der Waals surface area contributed by atoms with Gasteiger partial charge in [0.25, 0.3) is 5.91 Å². The summed E-state index contributed by atoms with van der Waals surface area (Å²) in [5.41, 5.74) is 4.72. The maximum Gasteiger partial charge on any atom is 0.255 e. The molecular weight excluding hydrogens is 574 g/mol. The molecule has 0 atom stereocenters. The molecule has 1 aliphatic heterocycles. The highest BCUT2D eigenvalue weighted by Gasteiger charge is 2.24. The fourth-order valence-electron chi connectivity index (χ4n) is 6.26. The lowest BCUT2D eigenvalue weighted by molar-refractivity contribution is -0.127. The maximum atomic E-state index is 13.7. The van der Waals surface area contributed by atoms with Crippen molar-refractivity contribution in [2.24, 2.45) is 5.92 Å². The summed E-state index contributed by atoms with van der Waals surface area (Å²) >= 11 is 0. The first-order valence-corrected chi connectivity index (χ1v) is 15.9. The van der Waals surface area contributed by atoms with Gasteiger partial charge in [-0.3, -0.25) is 9.59 Å². The number of nitrogens with zero attached hydrogens (tertiary/aromatic N) is 5. The number of carbonyl (C=O) groups is 2. The second-order valence-electron chi connectivity index (χ2n) is 12.1. The highest BCUT2D eigenvalue weighted by Crippen LogP contribution is 2.33. The lowest BCUT2D eigenvalue weighted by atomic mass is 9.96. The van der Waals surface area contributed by atoms with Gasteiger partial charge in [0.2, 0.25) is 5.91 Å². The van der Waals surface area contributed by atoms with E-state index in [4.69, 9.17) is 4.74 Å². The quantitative estimate of drug-likeness (QED) is 0.165. The highest BCUT2D eigenvalue weighted by molar-refractivity contribution is 6.06. The van der Waals surface area contributed by atoms with Gasteiger partial charge in [-0.2, -0.15) is 0 Å². The van der Waals surface area contributed by atoms with E-state index in [1.165, 1.54) is 0 Å². The van der Waals surface area contributed by atoms with Crippen molar-refractivity contribution in [1.29, 1.82) is 0 Å². The first-order valence-electron chi connectivity index (χ1n) is 15.9. The molecule has 0 bridgehead atoms. The van der Waals surface area contributed by atoms with Crippen LogP contribution in [0, 0.1) is 5.92 Å². The molecule has 3 heterocycles. The smallest absolute Gasteiger partial charge is 0.255 e. The molecule has 1 aliphatic rings. The summed E-state index contributed by atoms with van der Waals surface area (Å²) in [6, 6.07) is 24.4. The molecule has 2 aromatic heterocycles. The number of imidazole rings is 1. The van der Waals surface area contributed by atoms with Crippen LogP contribution in [0.1, 0.15) is 34.5 Å². The van der Waals surface area contributed by atoms with Crippen LogP contribution in [0.2, 0.25) is 0 Å². The minimum atomic E-state index is -0.0350. The number of likely N-dealkylation sites (N-methyl/N-ethyl adjacent to an activating group) is 1. The zero-order chi connectivity index (χ0) is 31.9. The first kappa shape index (κ1) is 31.0. The predicted octanol–water partition coefficient (Wildman–Crippen LogP) is 6.22. The number of rotatable bonds is 11. The molecule has 2 amide bonds. The molecule has 0 saturated carbocycles. The van der Waals surface area contributed by atoms with E-state index in [-0.39, 0.29) is 11.8 Å². The van der Waals surface area contributed by atoms with Gasteiger partial charge in [-0.05, 0) is 46.7 Å². The third-order valence-corrected chi connectivity index (χ3v) is 8.91. The fraction of sp³-hybridized carbons (Fsp3) is 0.289. The number of hydrogen-bond donors (Lipinski definition) is 0. The van der Waals surface area contributed by atoms with E-state index >= 15 is 0 Å². The third kappa shape index (κ3) is 7.13. The number of hydrogen-bond acceptors (Lipinski definition) is 4. The van der Waals surface area contributed by atoms with Crippen molar-refractivity contribution in [2.75, 3.05) is 40.4 Å². The van der Waals surface area contributed by atoms with Gasteiger partial charge in [0.15, 0.2) is 0 Å². The van der Waals surface area contributed by atoms with Crippen molar-refractivity contribution in [3.8, 4) is 11.1 Å². The summed E-state index contributed by atoms with van der Waals surface area (Å²) in [5, 5.41) is 2.25. The van der Waals surface area contributed by atoms with Crippen molar-refractivity contribution < 1.29 is 14.3 Å². The summed E-state index contributed by atoms with van der Waals surface area (Å²) in [5.74, 6) is 0.489. The van der Waals surface area contributed by atoms with E-state index in [1.54, 1.807) is 18.1 Å². The monoisotopic (exact) mass is 615 g/mol. The Morgan fingerprint density at radius 3 is 2.52 bits per heavy atom. The molecule has 46 heavy (non-hydrogen) atoms. The topological polar surface area (TPSA) is 72.6 Å². The summed E-state index contributed by atoms with van der Waals surface area (Å²) in [6.45, 7) is 3.93. The van der Waals surface area contributed by atoms with E-state index in [0.717, 1.165) is 65.6 Å². The van der Waals surface area contributed by atoms with Crippen LogP contribution in [0.15, 0.2) is 104 Å². The Hall–Kier alpha value is -4.95. The third-order valence-electron chi connectivity index (χ3n) is 8.91. The average Bonchev–Trinajstić information content (AvgIpc) is 3.72. The number of fused-ring (bicyclic) bond motifs is 1. The van der Waals surface area contributed by atoms with Crippen LogP contribution in [-0.2, 0) is 22.6 Å². The van der Waals surface area contributed by atoms with Gasteiger partial charge in [0.1, 0.15) is 0 Å². The predicted molar refractivity (Wildman–Crippen MR) is 182 cm³/mol. The van der Waals surface area contributed by atoms with Gasteiger partial charge >= 0.3 is 0 Å². The average molecular weight is 616 g/mol. The van der Waals surface area contributed by atoms with Gasteiger partial charge in [-0.1, -0.05) is 72.8 Å². The minimum Gasteiger partial charge on any atom is -0.383 e. The van der Waals surface area contributed by atoms with Gasteiger partial charge < -0.3 is 23.7 Å². The van der Waals surface area contributed by atoms with Crippen molar-refractivity contribution in [3.63, 3.8) is 0 Å². The van der Waals surface area contributed by atoms with Crippen LogP contribution in [0.5, 0.6) is 0 Å². The largest absolute Gasteiger partial charge is 0.383 e. The van der Waals surface area contributed by atoms with Crippen LogP contribution >= 0.6 is 0 Å². The van der Waals surface area contributed by atoms with Crippen LogP contribution in [-0.4, -0.2) is 76.1 Å². The minimum absolute atomic E-state index is 0.0350. The Labute approximate surface area is 270 Å². The Bertz CT molecular complexity index is 1810. The van der Waals surface area contributed by atoms with Gasteiger partial charge in [0.05, 0.1) is 30.7 Å². The molecule has 3 aromatic carbocycles. The number of aromatic nitrogens is 3. The van der Waals surface area contributed by atoms with Crippen LogP contribution in [0.4, 0.5) is 0 Å². The molecule has 5 aromatic rings. The highest BCUT2D eigenvalue weighted by atomic mass is 16.5. The lowest BCUT2D eigenvalue weighted by Gasteiger charge is -2.31. The molecule has 0 spiro atoms. The van der Waals surface area contributed by atoms with E-state index in [1.807, 2.05) is 85.3 Å². The molecule has 0 aliphatic carbocycles. The van der Waals surface area contributed by atoms with E-state index in [0.29, 0.717) is 31.2 Å². The van der Waals surface area contributed by atoms with Crippen LogP contribution in [0.25, 0.3) is 28.0 Å². The number of methoxy groups -OCH3 is 1. The van der Waals surface area contributed by atoms with Crippen molar-refractivity contribution in [1.82, 2.24) is 23.9 Å². The Morgan fingerprint density at radius 1 is 0.957 bits per heavy atom. The Morgan fingerprint density at radius 2 is 1.72 bits per heavy atom. The van der Waals surface area contributed by atoms with Crippen LogP contribution < -0.4 is 0 Å². The Balaban J connectivity index is 1.17. The van der Waals surface area contributed by atoms with Crippen molar-refractivity contribution in [3.05, 3.63) is 121 Å². The second-order valence-corrected chi connectivity index (χ2v) is 12.1. The zero-order valence-corrected chi connectivity index (χ0v) is 26.6. The number of likely N-dealkylation sites (tertiary alicyclic amines) is 1. The number of piperidine rings is 1. The zero-order valence-electron chi connectivity index (χ0n) is 26.6. The summed E-state index contributed by atoms with van der Waals surface area (Å²) in [4.78, 5) is 34.7. The van der Waals surface area contributed by atoms with Gasteiger partial charge in [-0.25, -0.2) is 4.98 Å². The summed E-state index contributed by atoms with van der Waals surface area (Å²) < 4.78 is 9.56. The molecular formula is C38H41N5O3. The Kier molecular flexibility index (Phi) is 9.74. The van der Waals surface area contributed by atoms with Gasteiger partial charge in [-0.15, -0.1) is 0 Å². The first-order chi connectivity index (χ1) is 22.5. The molecule has 0 N–H and O–H groups in total. The normalized spacial score (nSPS) is 13.9. The van der Waals surface area contributed by atoms with E-state index in [2.05, 4.69) is 44.6 Å². The standard InChI is InChI=1S/C38H41N5O3/c1-40(21-22-46-2)38(45)36-27-41(26-35(36)34-14-8-12-31-11-6-7-13-33(31)34)25-32-23-39-28-43(32)24-30-17-19-42(20-18-30)37(44)16-15-29-9-4-3-5-10-29/h3-16,23,26-28,30H,17-22,24-25H2,1-2H3. The summed E-state index contributed by atoms with van der Waals surface area (Å²) in [6.07, 6.45) is 13.3. The molecule has 6 rings (SSSR count). The van der Waals surface area contributed by atoms with Gasteiger partial charge in [0, 0.05) is 70.6 Å². The molecule has 0 unspecified atom stereocenters. The second kappa shape index (κ2) is 14.4. The summed E-state index contributed by atoms with van der Waals surface area (Å²) in [7, 11) is 3.46. The maximum absolute atomic E-state index is 13.7. The molecule has 0 radical (unpaired) electrons. The number of benzene rings is 3. The molecule has 1 saturated heterocycles. The molecule has 236 valence electrons. The molecule has 1 fully saturated rings. The van der Waals surface area contributed by atoms with E-state index < -0.39 is 0 Å². The van der Waals surface area contributed by atoms with Crippen LogP contribution in [0.3, 0.4) is 0 Å². The number of ether oxygens (including phenoxy) is 1. The van der Waals surface area contributed by atoms with Crippen molar-refractivity contribution in [2.45, 2.75) is 25.9 Å². The SMILES string of the molecule is COCCN(C)C(=O)c1cn(Cc2cncn2CC2CCN(C(=O)C=Cc3ccccc3)CC2)cc1-c1cccc2ccccc12. The fourth-order valence-corrected chi connectivity index (χ4v) is 6.26.